The Kier molecular flexibility index (Phi) is 23.2. The van der Waals surface area contributed by atoms with Crippen LogP contribution in [0.15, 0.2) is 24.3 Å². The van der Waals surface area contributed by atoms with Gasteiger partial charge in [-0.2, -0.15) is 0 Å². The van der Waals surface area contributed by atoms with Crippen LogP contribution >= 0.6 is 8.60 Å². The summed E-state index contributed by atoms with van der Waals surface area (Å²) in [6, 6.07) is 8.18. The highest BCUT2D eigenvalue weighted by Crippen LogP contribution is 2.41. The molecule has 0 atom stereocenters. The number of hydrogen-bond donors (Lipinski definition) is 0. The first-order valence-corrected chi connectivity index (χ1v) is 16.2. The maximum Gasteiger partial charge on any atom is 0.397 e. The SMILES string of the molecule is CCCCCCCCCCCCOP(OCCCCCCCCCCCC)Oc1ccc(C)cc1. The van der Waals surface area contributed by atoms with E-state index in [0.717, 1.165) is 31.8 Å². The van der Waals surface area contributed by atoms with Crippen molar-refractivity contribution in [1.29, 1.82) is 0 Å². The highest BCUT2D eigenvalue weighted by atomic mass is 31.2. The second kappa shape index (κ2) is 25.0. The summed E-state index contributed by atoms with van der Waals surface area (Å²) in [5.74, 6) is 0.841. The van der Waals surface area contributed by atoms with Gasteiger partial charge in [-0.1, -0.05) is 147 Å². The van der Waals surface area contributed by atoms with Crippen LogP contribution in [-0.4, -0.2) is 13.2 Å². The Morgan fingerprint density at radius 3 is 1.20 bits per heavy atom. The number of rotatable bonds is 26. The Balaban J connectivity index is 2.14. The van der Waals surface area contributed by atoms with E-state index in [-0.39, 0.29) is 0 Å². The summed E-state index contributed by atoms with van der Waals surface area (Å²) in [5.41, 5.74) is 1.24. The molecular formula is C31H57O3P. The molecular weight excluding hydrogens is 451 g/mol. The van der Waals surface area contributed by atoms with Gasteiger partial charge in [-0.05, 0) is 31.9 Å². The first-order valence-electron chi connectivity index (χ1n) is 15.1. The monoisotopic (exact) mass is 508 g/mol. The number of aryl methyl sites for hydroxylation is 1. The molecule has 0 fully saturated rings. The van der Waals surface area contributed by atoms with Gasteiger partial charge in [0.2, 0.25) is 0 Å². The molecule has 1 aromatic carbocycles. The molecule has 0 bridgehead atoms. The number of hydrogen-bond acceptors (Lipinski definition) is 3. The van der Waals surface area contributed by atoms with Gasteiger partial charge in [-0.3, -0.25) is 0 Å². The maximum atomic E-state index is 6.07. The lowest BCUT2D eigenvalue weighted by Crippen LogP contribution is -2.01. The molecule has 0 N–H and O–H groups in total. The molecule has 1 rings (SSSR count). The Morgan fingerprint density at radius 2 is 0.829 bits per heavy atom. The molecule has 0 radical (unpaired) electrons. The molecule has 0 amide bonds. The molecule has 204 valence electrons. The van der Waals surface area contributed by atoms with E-state index < -0.39 is 8.60 Å². The van der Waals surface area contributed by atoms with Gasteiger partial charge in [0.05, 0.1) is 13.2 Å². The molecule has 1 aromatic rings. The fourth-order valence-electron chi connectivity index (χ4n) is 4.23. The fourth-order valence-corrected chi connectivity index (χ4v) is 5.26. The Hall–Kier alpha value is -0.630. The molecule has 35 heavy (non-hydrogen) atoms. The molecule has 0 spiro atoms. The molecule has 0 heterocycles. The van der Waals surface area contributed by atoms with Gasteiger partial charge in [-0.15, -0.1) is 0 Å². The summed E-state index contributed by atoms with van der Waals surface area (Å²) in [6.07, 6.45) is 26.7. The quantitative estimate of drug-likeness (QED) is 0.0919. The molecule has 4 heteroatoms. The van der Waals surface area contributed by atoms with Crippen LogP contribution in [0.4, 0.5) is 0 Å². The van der Waals surface area contributed by atoms with E-state index in [4.69, 9.17) is 13.6 Å². The third kappa shape index (κ3) is 21.2. The minimum Gasteiger partial charge on any atom is -0.427 e. The van der Waals surface area contributed by atoms with Crippen molar-refractivity contribution in [2.24, 2.45) is 0 Å². The van der Waals surface area contributed by atoms with Crippen molar-refractivity contribution in [2.75, 3.05) is 13.2 Å². The summed E-state index contributed by atoms with van der Waals surface area (Å²) in [4.78, 5) is 0. The highest BCUT2D eigenvalue weighted by molar-refractivity contribution is 7.42. The summed E-state index contributed by atoms with van der Waals surface area (Å²) in [7, 11) is -1.32. The summed E-state index contributed by atoms with van der Waals surface area (Å²) >= 11 is 0. The lowest BCUT2D eigenvalue weighted by atomic mass is 10.1. The lowest BCUT2D eigenvalue weighted by Gasteiger charge is -2.17. The molecule has 0 aromatic heterocycles. The van der Waals surface area contributed by atoms with Crippen LogP contribution in [0.2, 0.25) is 0 Å². The van der Waals surface area contributed by atoms with Crippen LogP contribution in [0.5, 0.6) is 5.75 Å². The Morgan fingerprint density at radius 1 is 0.486 bits per heavy atom. The largest absolute Gasteiger partial charge is 0.427 e. The predicted molar refractivity (Wildman–Crippen MR) is 154 cm³/mol. The van der Waals surface area contributed by atoms with Crippen LogP contribution in [0.25, 0.3) is 0 Å². The van der Waals surface area contributed by atoms with Gasteiger partial charge in [-0.25, -0.2) is 0 Å². The third-order valence-electron chi connectivity index (χ3n) is 6.59. The molecule has 0 saturated heterocycles. The average molecular weight is 509 g/mol. The summed E-state index contributed by atoms with van der Waals surface area (Å²) in [5, 5.41) is 0. The third-order valence-corrected chi connectivity index (χ3v) is 7.74. The smallest absolute Gasteiger partial charge is 0.397 e. The zero-order valence-electron chi connectivity index (χ0n) is 23.5. The van der Waals surface area contributed by atoms with Gasteiger partial charge in [0.15, 0.2) is 0 Å². The lowest BCUT2D eigenvalue weighted by molar-refractivity contribution is 0.198. The van der Waals surface area contributed by atoms with Gasteiger partial charge < -0.3 is 13.6 Å². The second-order valence-corrected chi connectivity index (χ2v) is 11.3. The molecule has 3 nitrogen and oxygen atoms in total. The van der Waals surface area contributed by atoms with Gasteiger partial charge in [0.25, 0.3) is 0 Å². The van der Waals surface area contributed by atoms with E-state index in [1.807, 2.05) is 12.1 Å². The highest BCUT2D eigenvalue weighted by Gasteiger charge is 2.14. The topological polar surface area (TPSA) is 27.7 Å². The normalized spacial score (nSPS) is 11.4. The molecule has 0 saturated carbocycles. The first kappa shape index (κ1) is 32.4. The number of unbranched alkanes of at least 4 members (excludes halogenated alkanes) is 18. The average Bonchev–Trinajstić information content (AvgIpc) is 2.87. The maximum absolute atomic E-state index is 6.07. The van der Waals surface area contributed by atoms with Crippen LogP contribution in [0.3, 0.4) is 0 Å². The summed E-state index contributed by atoms with van der Waals surface area (Å²) < 4.78 is 18.2. The van der Waals surface area contributed by atoms with Crippen molar-refractivity contribution in [3.8, 4) is 5.75 Å². The molecule has 0 aliphatic carbocycles. The van der Waals surface area contributed by atoms with E-state index in [2.05, 4.69) is 32.9 Å². The zero-order chi connectivity index (χ0) is 25.2. The minimum absolute atomic E-state index is 0.728. The van der Waals surface area contributed by atoms with E-state index in [1.54, 1.807) is 0 Å². The van der Waals surface area contributed by atoms with Crippen molar-refractivity contribution in [2.45, 2.75) is 149 Å². The van der Waals surface area contributed by atoms with Crippen molar-refractivity contribution in [3.05, 3.63) is 29.8 Å². The van der Waals surface area contributed by atoms with Crippen molar-refractivity contribution in [3.63, 3.8) is 0 Å². The van der Waals surface area contributed by atoms with Gasteiger partial charge in [0, 0.05) is 0 Å². The summed E-state index contributed by atoms with van der Waals surface area (Å²) in [6.45, 7) is 8.11. The first-order chi connectivity index (χ1) is 17.3. The van der Waals surface area contributed by atoms with Crippen molar-refractivity contribution in [1.82, 2.24) is 0 Å². The van der Waals surface area contributed by atoms with E-state index in [1.165, 1.54) is 121 Å². The molecule has 0 aliphatic rings. The fraction of sp³-hybridized carbons (Fsp3) is 0.806. The van der Waals surface area contributed by atoms with Gasteiger partial charge in [0.1, 0.15) is 5.75 Å². The van der Waals surface area contributed by atoms with Crippen molar-refractivity contribution >= 4 is 8.60 Å². The number of benzene rings is 1. The van der Waals surface area contributed by atoms with Crippen molar-refractivity contribution < 1.29 is 13.6 Å². The van der Waals surface area contributed by atoms with Crippen LogP contribution in [0.1, 0.15) is 148 Å². The Labute approximate surface area is 220 Å². The Bertz CT molecular complexity index is 523. The second-order valence-electron chi connectivity index (χ2n) is 10.2. The van der Waals surface area contributed by atoms with Crippen LogP contribution < -0.4 is 4.52 Å². The molecule has 0 unspecified atom stereocenters. The standard InChI is InChI=1S/C31H57O3P/c1-4-6-8-10-12-14-16-18-20-22-28-32-35(34-31-26-24-30(3)25-27-31)33-29-23-21-19-17-15-13-11-9-7-5-2/h24-27H,4-23,28-29H2,1-3H3. The van der Waals surface area contributed by atoms with E-state index in [0.29, 0.717) is 0 Å². The van der Waals surface area contributed by atoms with Crippen LogP contribution in [0, 0.1) is 6.92 Å². The molecule has 0 aliphatic heterocycles. The zero-order valence-corrected chi connectivity index (χ0v) is 24.4. The van der Waals surface area contributed by atoms with E-state index >= 15 is 0 Å². The minimum atomic E-state index is -1.32. The predicted octanol–water partition coefficient (Wildman–Crippen LogP) is 11.5. The van der Waals surface area contributed by atoms with E-state index in [9.17, 15) is 0 Å². The van der Waals surface area contributed by atoms with Crippen LogP contribution in [-0.2, 0) is 9.05 Å². The van der Waals surface area contributed by atoms with Gasteiger partial charge >= 0.3 is 8.60 Å².